The third-order valence-electron chi connectivity index (χ3n) is 2.71. The number of halogens is 2. The fourth-order valence-corrected chi connectivity index (χ4v) is 1.58. The summed E-state index contributed by atoms with van der Waals surface area (Å²) in [5, 5.41) is 17.3. The molecule has 110 valence electrons. The van der Waals surface area contributed by atoms with Crippen molar-refractivity contribution in [1.29, 1.82) is 0 Å². The summed E-state index contributed by atoms with van der Waals surface area (Å²) in [6, 6.07) is 0. The van der Waals surface area contributed by atoms with Gasteiger partial charge >= 0.3 is 11.9 Å². The fraction of sp³-hybridized carbons (Fsp3) is 0.818. The highest BCUT2D eigenvalue weighted by atomic mass is 35.5. The van der Waals surface area contributed by atoms with Crippen LogP contribution in [0.2, 0.25) is 0 Å². The second kappa shape index (κ2) is 12.9. The van der Waals surface area contributed by atoms with E-state index in [0.29, 0.717) is 6.42 Å². The molecule has 0 amide bonds. The molecule has 0 aromatic rings. The van der Waals surface area contributed by atoms with E-state index in [1.807, 2.05) is 0 Å². The van der Waals surface area contributed by atoms with E-state index in [4.69, 9.17) is 10.2 Å². The molecule has 0 bridgehead atoms. The molecule has 0 aromatic heterocycles. The standard InChI is InChI=1S/C11H21NO4.2ClH/c1-3-12(4-2)8-6-5-7-9(10(13)14)11(15)16;;/h9H,3-8H2,1-2H3,(H,13,14)(H,15,16);2*1H. The van der Waals surface area contributed by atoms with Gasteiger partial charge in [-0.25, -0.2) is 0 Å². The molecule has 0 aliphatic heterocycles. The van der Waals surface area contributed by atoms with Crippen molar-refractivity contribution in [3.8, 4) is 0 Å². The Morgan fingerprint density at radius 2 is 1.44 bits per heavy atom. The second-order valence-corrected chi connectivity index (χ2v) is 3.75. The Morgan fingerprint density at radius 3 is 1.78 bits per heavy atom. The second-order valence-electron chi connectivity index (χ2n) is 3.75. The summed E-state index contributed by atoms with van der Waals surface area (Å²) in [6.45, 7) is 6.98. The van der Waals surface area contributed by atoms with Crippen molar-refractivity contribution in [2.75, 3.05) is 19.6 Å². The van der Waals surface area contributed by atoms with Gasteiger partial charge in [-0.05, 0) is 32.5 Å². The van der Waals surface area contributed by atoms with Crippen LogP contribution in [-0.2, 0) is 9.59 Å². The summed E-state index contributed by atoms with van der Waals surface area (Å²) in [4.78, 5) is 23.4. The lowest BCUT2D eigenvalue weighted by molar-refractivity contribution is -0.154. The SMILES string of the molecule is CCN(CC)CCCCC(C(=O)O)C(=O)O.Cl.Cl. The minimum atomic E-state index is -1.25. The first kappa shape index (κ1) is 22.6. The van der Waals surface area contributed by atoms with Gasteiger partial charge in [0.05, 0.1) is 0 Å². The van der Waals surface area contributed by atoms with E-state index in [2.05, 4.69) is 18.7 Å². The van der Waals surface area contributed by atoms with Gasteiger partial charge in [-0.15, -0.1) is 24.8 Å². The van der Waals surface area contributed by atoms with Gasteiger partial charge in [-0.3, -0.25) is 9.59 Å². The Labute approximate surface area is 120 Å². The molecule has 0 saturated heterocycles. The topological polar surface area (TPSA) is 77.8 Å². The van der Waals surface area contributed by atoms with Crippen LogP contribution in [0.25, 0.3) is 0 Å². The minimum absolute atomic E-state index is 0. The summed E-state index contributed by atoms with van der Waals surface area (Å²) < 4.78 is 0. The summed E-state index contributed by atoms with van der Waals surface area (Å²) in [5.74, 6) is -3.73. The van der Waals surface area contributed by atoms with Crippen LogP contribution in [0.3, 0.4) is 0 Å². The first-order valence-corrected chi connectivity index (χ1v) is 5.70. The normalized spacial score (nSPS) is 9.78. The molecule has 0 aliphatic rings. The number of aliphatic carboxylic acids is 2. The number of carboxylic acids is 2. The number of hydrogen-bond acceptors (Lipinski definition) is 3. The Hall–Kier alpha value is -0.520. The van der Waals surface area contributed by atoms with Gasteiger partial charge in [0.15, 0.2) is 5.92 Å². The molecule has 0 radical (unpaired) electrons. The van der Waals surface area contributed by atoms with Crippen LogP contribution in [0, 0.1) is 5.92 Å². The van der Waals surface area contributed by atoms with Gasteiger partial charge in [0.2, 0.25) is 0 Å². The average molecular weight is 304 g/mol. The number of nitrogens with zero attached hydrogens (tertiary/aromatic N) is 1. The third-order valence-corrected chi connectivity index (χ3v) is 2.71. The van der Waals surface area contributed by atoms with Gasteiger partial charge in [-0.1, -0.05) is 20.3 Å². The predicted octanol–water partition coefficient (Wildman–Crippen LogP) is 2.13. The molecule has 7 heteroatoms. The van der Waals surface area contributed by atoms with E-state index < -0.39 is 17.9 Å². The molecule has 0 atom stereocenters. The van der Waals surface area contributed by atoms with Crippen LogP contribution in [0.1, 0.15) is 33.1 Å². The average Bonchev–Trinajstić information content (AvgIpc) is 2.22. The first-order chi connectivity index (χ1) is 7.52. The number of unbranched alkanes of at least 4 members (excludes halogenated alkanes) is 1. The zero-order valence-electron chi connectivity index (χ0n) is 10.8. The zero-order chi connectivity index (χ0) is 12.6. The smallest absolute Gasteiger partial charge is 0.317 e. The molecule has 0 rings (SSSR count). The molecule has 0 aromatic carbocycles. The molecule has 0 saturated carbocycles. The molecule has 0 aliphatic carbocycles. The third kappa shape index (κ3) is 9.50. The molecule has 0 unspecified atom stereocenters. The predicted molar refractivity (Wildman–Crippen MR) is 74.9 cm³/mol. The molecule has 18 heavy (non-hydrogen) atoms. The van der Waals surface area contributed by atoms with Crippen molar-refractivity contribution in [2.24, 2.45) is 5.92 Å². The largest absolute Gasteiger partial charge is 0.481 e. The number of rotatable bonds is 9. The Kier molecular flexibility index (Phi) is 16.3. The highest BCUT2D eigenvalue weighted by Crippen LogP contribution is 2.09. The lowest BCUT2D eigenvalue weighted by atomic mass is 10.0. The number of carbonyl (C=O) groups is 2. The maximum absolute atomic E-state index is 10.6. The van der Waals surface area contributed by atoms with Gasteiger partial charge in [0.1, 0.15) is 0 Å². The van der Waals surface area contributed by atoms with Crippen molar-refractivity contribution >= 4 is 36.8 Å². The summed E-state index contributed by atoms with van der Waals surface area (Å²) in [6.07, 6.45) is 1.70. The summed E-state index contributed by atoms with van der Waals surface area (Å²) in [7, 11) is 0. The van der Waals surface area contributed by atoms with Crippen LogP contribution in [0.5, 0.6) is 0 Å². The maximum Gasteiger partial charge on any atom is 0.317 e. The molecular formula is C11H23Cl2NO4. The molecule has 0 heterocycles. The van der Waals surface area contributed by atoms with Crippen LogP contribution in [0.4, 0.5) is 0 Å². The molecule has 2 N–H and O–H groups in total. The number of hydrogen-bond donors (Lipinski definition) is 2. The van der Waals surface area contributed by atoms with Crippen molar-refractivity contribution in [2.45, 2.75) is 33.1 Å². The van der Waals surface area contributed by atoms with Gasteiger partial charge in [0, 0.05) is 0 Å². The van der Waals surface area contributed by atoms with Crippen LogP contribution >= 0.6 is 24.8 Å². The van der Waals surface area contributed by atoms with Crippen LogP contribution in [0.15, 0.2) is 0 Å². The van der Waals surface area contributed by atoms with E-state index in [-0.39, 0.29) is 31.2 Å². The first-order valence-electron chi connectivity index (χ1n) is 5.70. The highest BCUT2D eigenvalue weighted by Gasteiger charge is 2.24. The van der Waals surface area contributed by atoms with Crippen molar-refractivity contribution in [1.82, 2.24) is 4.90 Å². The monoisotopic (exact) mass is 303 g/mol. The molecule has 0 fully saturated rings. The van der Waals surface area contributed by atoms with Crippen molar-refractivity contribution in [3.63, 3.8) is 0 Å². The van der Waals surface area contributed by atoms with E-state index in [1.54, 1.807) is 0 Å². The Bertz CT molecular complexity index is 221. The van der Waals surface area contributed by atoms with Crippen molar-refractivity contribution < 1.29 is 19.8 Å². The van der Waals surface area contributed by atoms with E-state index >= 15 is 0 Å². The van der Waals surface area contributed by atoms with E-state index in [9.17, 15) is 9.59 Å². The van der Waals surface area contributed by atoms with Gasteiger partial charge < -0.3 is 15.1 Å². The Balaban J connectivity index is -0.00000112. The lowest BCUT2D eigenvalue weighted by Gasteiger charge is -2.17. The van der Waals surface area contributed by atoms with Crippen LogP contribution < -0.4 is 0 Å². The minimum Gasteiger partial charge on any atom is -0.481 e. The van der Waals surface area contributed by atoms with Crippen molar-refractivity contribution in [3.05, 3.63) is 0 Å². The number of carboxylic acid groups (broad SMARTS) is 2. The van der Waals surface area contributed by atoms with E-state index in [1.165, 1.54) is 0 Å². The molecular weight excluding hydrogens is 281 g/mol. The maximum atomic E-state index is 10.6. The Morgan fingerprint density at radius 1 is 1.00 bits per heavy atom. The van der Waals surface area contributed by atoms with Crippen LogP contribution in [-0.4, -0.2) is 46.7 Å². The highest BCUT2D eigenvalue weighted by molar-refractivity contribution is 5.92. The summed E-state index contributed by atoms with van der Waals surface area (Å²) in [5.41, 5.74) is 0. The van der Waals surface area contributed by atoms with E-state index in [0.717, 1.165) is 26.1 Å². The zero-order valence-corrected chi connectivity index (χ0v) is 12.4. The molecule has 0 spiro atoms. The molecule has 5 nitrogen and oxygen atoms in total. The van der Waals surface area contributed by atoms with Gasteiger partial charge in [-0.2, -0.15) is 0 Å². The quantitative estimate of drug-likeness (QED) is 0.504. The summed E-state index contributed by atoms with van der Waals surface area (Å²) >= 11 is 0. The lowest BCUT2D eigenvalue weighted by Crippen LogP contribution is -2.25. The van der Waals surface area contributed by atoms with Gasteiger partial charge in [0.25, 0.3) is 0 Å². The fourth-order valence-electron chi connectivity index (χ4n) is 1.58.